The summed E-state index contributed by atoms with van der Waals surface area (Å²) < 4.78 is 15.5. The van der Waals surface area contributed by atoms with Gasteiger partial charge < -0.3 is 10.2 Å². The number of ketones is 1. The number of carbonyl (C=O) groups excluding carboxylic acids is 1. The molecule has 0 amide bonds. The Bertz CT molecular complexity index is 842. The monoisotopic (exact) mass is 418 g/mol. The predicted molar refractivity (Wildman–Crippen MR) is 113 cm³/mol. The van der Waals surface area contributed by atoms with E-state index in [0.29, 0.717) is 12.8 Å². The third-order valence-corrected chi connectivity index (χ3v) is 6.80. The van der Waals surface area contributed by atoms with Crippen molar-refractivity contribution >= 4 is 33.2 Å². The van der Waals surface area contributed by atoms with E-state index in [0.717, 1.165) is 34.2 Å². The summed E-state index contributed by atoms with van der Waals surface area (Å²) in [6.07, 6.45) is 5.11. The van der Waals surface area contributed by atoms with E-state index in [9.17, 15) is 19.1 Å². The van der Waals surface area contributed by atoms with Crippen LogP contribution >= 0.6 is 11.3 Å². The number of aliphatic hydroxyl groups excluding tert-OH is 1. The summed E-state index contributed by atoms with van der Waals surface area (Å²) >= 11 is 1.51. The molecule has 1 fully saturated rings. The number of hydrogen-bond donors (Lipinski definition) is 2. The number of carbonyl (C=O) groups is 2. The Kier molecular flexibility index (Phi) is 7.56. The second-order valence-corrected chi connectivity index (χ2v) is 8.85. The first-order valence-corrected chi connectivity index (χ1v) is 11.0. The minimum atomic E-state index is -1.14. The molecule has 4 atom stereocenters. The third-order valence-electron chi connectivity index (χ3n) is 5.61. The number of unbranched alkanes of at least 4 members (excludes halogenated alkanes) is 3. The Morgan fingerprint density at radius 3 is 2.76 bits per heavy atom. The molecule has 1 aliphatic carbocycles. The zero-order valence-corrected chi connectivity index (χ0v) is 17.1. The molecule has 0 spiro atoms. The Morgan fingerprint density at radius 1 is 1.24 bits per heavy atom. The minimum absolute atomic E-state index is 0.0579. The first-order valence-electron chi connectivity index (χ1n) is 10.2. The van der Waals surface area contributed by atoms with Crippen LogP contribution < -0.4 is 0 Å². The number of halogens is 1. The molecule has 4 nitrogen and oxygen atoms in total. The van der Waals surface area contributed by atoms with Crippen molar-refractivity contribution < 1.29 is 24.2 Å². The van der Waals surface area contributed by atoms with Gasteiger partial charge in [-0.25, -0.2) is 4.39 Å². The standard InChI is InChI=1S/C23H27FO4S/c24-18-14-20(26)17(16(18)8-3-1-2-4-10-23(27)28)11-12-19(25)22-13-15-7-5-6-9-21(15)29-22/h5-7,9,11-13,16-19,25H,1-4,8,10,14H2,(H,27,28)/t16-,17-,18-,19-/m1/s1. The molecule has 1 heterocycles. The van der Waals surface area contributed by atoms with E-state index >= 15 is 0 Å². The zero-order chi connectivity index (χ0) is 20.8. The molecular weight excluding hydrogens is 391 g/mol. The molecule has 1 aromatic carbocycles. The summed E-state index contributed by atoms with van der Waals surface area (Å²) in [6, 6.07) is 9.84. The maximum absolute atomic E-state index is 14.4. The summed E-state index contributed by atoms with van der Waals surface area (Å²) in [6.45, 7) is 0. The van der Waals surface area contributed by atoms with Gasteiger partial charge in [-0.3, -0.25) is 9.59 Å². The molecule has 1 aromatic heterocycles. The number of benzene rings is 1. The van der Waals surface area contributed by atoms with E-state index in [-0.39, 0.29) is 24.5 Å². The summed E-state index contributed by atoms with van der Waals surface area (Å²) in [5.74, 6) is -1.74. The number of allylic oxidation sites excluding steroid dienone is 1. The molecule has 0 aliphatic heterocycles. The van der Waals surface area contributed by atoms with E-state index < -0.39 is 24.2 Å². The number of fused-ring (bicyclic) bond motifs is 1. The molecule has 156 valence electrons. The largest absolute Gasteiger partial charge is 0.481 e. The summed E-state index contributed by atoms with van der Waals surface area (Å²) in [4.78, 5) is 23.6. The average molecular weight is 419 g/mol. The van der Waals surface area contributed by atoms with Gasteiger partial charge in [-0.2, -0.15) is 0 Å². The number of carboxylic acid groups (broad SMARTS) is 1. The molecule has 1 saturated carbocycles. The van der Waals surface area contributed by atoms with E-state index in [1.54, 1.807) is 12.2 Å². The van der Waals surface area contributed by atoms with Gasteiger partial charge in [0.25, 0.3) is 0 Å². The molecule has 0 radical (unpaired) electrons. The molecule has 2 N–H and O–H groups in total. The van der Waals surface area contributed by atoms with Crippen LogP contribution in [0, 0.1) is 11.8 Å². The lowest BCUT2D eigenvalue weighted by molar-refractivity contribution is -0.137. The molecular formula is C23H27FO4S. The normalized spacial score (nSPS) is 23.2. The Labute approximate surface area is 174 Å². The van der Waals surface area contributed by atoms with Crippen LogP contribution in [0.25, 0.3) is 10.1 Å². The van der Waals surface area contributed by atoms with Crippen LogP contribution in [0.4, 0.5) is 4.39 Å². The van der Waals surface area contributed by atoms with E-state index in [2.05, 4.69) is 0 Å². The number of thiophene rings is 1. The fourth-order valence-electron chi connectivity index (χ4n) is 4.03. The first-order chi connectivity index (χ1) is 14.0. The van der Waals surface area contributed by atoms with Crippen LogP contribution in [0.3, 0.4) is 0 Å². The summed E-state index contributed by atoms with van der Waals surface area (Å²) in [5.41, 5.74) is 0. The zero-order valence-electron chi connectivity index (χ0n) is 16.3. The van der Waals surface area contributed by atoms with Crippen molar-refractivity contribution in [3.63, 3.8) is 0 Å². The second kappa shape index (κ2) is 10.1. The topological polar surface area (TPSA) is 74.6 Å². The van der Waals surface area contributed by atoms with Crippen molar-refractivity contribution in [3.8, 4) is 0 Å². The third kappa shape index (κ3) is 5.73. The maximum atomic E-state index is 14.4. The van der Waals surface area contributed by atoms with Gasteiger partial charge in [0.2, 0.25) is 0 Å². The number of hydrogen-bond acceptors (Lipinski definition) is 4. The number of aliphatic hydroxyl groups is 1. The lowest BCUT2D eigenvalue weighted by atomic mass is 9.88. The van der Waals surface area contributed by atoms with Gasteiger partial charge in [-0.1, -0.05) is 49.6 Å². The number of rotatable bonds is 10. The van der Waals surface area contributed by atoms with Crippen molar-refractivity contribution in [1.29, 1.82) is 0 Å². The highest BCUT2D eigenvalue weighted by atomic mass is 32.1. The molecule has 0 unspecified atom stereocenters. The van der Waals surface area contributed by atoms with Gasteiger partial charge in [0.15, 0.2) is 0 Å². The smallest absolute Gasteiger partial charge is 0.303 e. The van der Waals surface area contributed by atoms with Crippen LogP contribution in [0.5, 0.6) is 0 Å². The van der Waals surface area contributed by atoms with Crippen LogP contribution in [0.1, 0.15) is 55.9 Å². The first kappa shape index (κ1) is 21.7. The highest BCUT2D eigenvalue weighted by Crippen LogP contribution is 2.37. The number of aliphatic carboxylic acids is 1. The fraction of sp³-hybridized carbons (Fsp3) is 0.478. The van der Waals surface area contributed by atoms with Crippen molar-refractivity contribution in [3.05, 3.63) is 47.4 Å². The van der Waals surface area contributed by atoms with Gasteiger partial charge in [0, 0.05) is 34.3 Å². The van der Waals surface area contributed by atoms with E-state index in [4.69, 9.17) is 5.11 Å². The predicted octanol–water partition coefficient (Wildman–Crippen LogP) is 5.46. The van der Waals surface area contributed by atoms with Gasteiger partial charge in [-0.15, -0.1) is 11.3 Å². The number of Topliss-reactive ketones (excluding diaryl/α,β-unsaturated/α-hetero) is 1. The Balaban J connectivity index is 1.56. The molecule has 0 saturated heterocycles. The lowest BCUT2D eigenvalue weighted by Gasteiger charge is -2.17. The average Bonchev–Trinajstić information content (AvgIpc) is 3.23. The van der Waals surface area contributed by atoms with E-state index in [1.807, 2.05) is 30.3 Å². The Morgan fingerprint density at radius 2 is 2.00 bits per heavy atom. The van der Waals surface area contributed by atoms with Crippen LogP contribution in [-0.4, -0.2) is 28.1 Å². The van der Waals surface area contributed by atoms with Gasteiger partial charge in [0.1, 0.15) is 18.1 Å². The van der Waals surface area contributed by atoms with Crippen molar-refractivity contribution in [1.82, 2.24) is 0 Å². The summed E-state index contributed by atoms with van der Waals surface area (Å²) in [7, 11) is 0. The Hall–Kier alpha value is -2.05. The van der Waals surface area contributed by atoms with Crippen LogP contribution in [0.15, 0.2) is 42.5 Å². The molecule has 3 rings (SSSR count). The fourth-order valence-corrected chi connectivity index (χ4v) is 5.06. The van der Waals surface area contributed by atoms with Crippen molar-refractivity contribution in [2.75, 3.05) is 0 Å². The van der Waals surface area contributed by atoms with Crippen LogP contribution in [-0.2, 0) is 9.59 Å². The highest BCUT2D eigenvalue weighted by molar-refractivity contribution is 7.19. The minimum Gasteiger partial charge on any atom is -0.481 e. The lowest BCUT2D eigenvalue weighted by Crippen LogP contribution is -2.17. The molecule has 1 aliphatic rings. The molecule has 2 aromatic rings. The SMILES string of the molecule is O=C(O)CCCCCC[C@H]1[C@H](F)CC(=O)[C@@H]1C=C[C@@H](O)c1cc2ccccc2s1. The molecule has 29 heavy (non-hydrogen) atoms. The van der Waals surface area contributed by atoms with Gasteiger partial charge in [-0.05, 0) is 30.4 Å². The number of alkyl halides is 1. The maximum Gasteiger partial charge on any atom is 0.303 e. The number of carboxylic acids is 1. The highest BCUT2D eigenvalue weighted by Gasteiger charge is 2.40. The van der Waals surface area contributed by atoms with Gasteiger partial charge >= 0.3 is 5.97 Å². The molecule has 6 heteroatoms. The van der Waals surface area contributed by atoms with Crippen LogP contribution in [0.2, 0.25) is 0 Å². The second-order valence-electron chi connectivity index (χ2n) is 7.74. The van der Waals surface area contributed by atoms with Crippen molar-refractivity contribution in [2.24, 2.45) is 11.8 Å². The van der Waals surface area contributed by atoms with Crippen molar-refractivity contribution in [2.45, 2.75) is 57.2 Å². The van der Waals surface area contributed by atoms with E-state index in [1.165, 1.54) is 11.3 Å². The van der Waals surface area contributed by atoms with Gasteiger partial charge in [0.05, 0.1) is 0 Å². The quantitative estimate of drug-likeness (QED) is 0.397. The molecule has 0 bridgehead atoms. The summed E-state index contributed by atoms with van der Waals surface area (Å²) in [5, 5.41) is 20.2.